The Kier molecular flexibility index (Phi) is 4.85. The Bertz CT molecular complexity index is 870. The van der Waals surface area contributed by atoms with Gasteiger partial charge in [0.05, 0.1) is 6.33 Å². The maximum absolute atomic E-state index is 12.6. The van der Waals surface area contributed by atoms with Crippen LogP contribution in [0.3, 0.4) is 0 Å². The van der Waals surface area contributed by atoms with Gasteiger partial charge in [0.1, 0.15) is 12.1 Å². The molecule has 2 aromatic rings. The van der Waals surface area contributed by atoms with E-state index in [1.165, 1.54) is 0 Å². The summed E-state index contributed by atoms with van der Waals surface area (Å²) in [7, 11) is 0. The molecule has 1 saturated carbocycles. The normalized spacial score (nSPS) is 17.9. The standard InChI is InChI=1S/C20H23N5O3/c26-17(13-25-18(27)20(23-19(25)28)7-1-2-8-20)22-11-15-3-5-16(6-4-15)12-24-10-9-21-14-24/h3-6,9-10,14H,1-2,7-8,11-13H2,(H,22,26)(H,23,28). The average Bonchev–Trinajstić information content (AvgIpc) is 3.41. The molecule has 4 amide bonds. The van der Waals surface area contributed by atoms with Crippen molar-refractivity contribution in [2.75, 3.05) is 6.54 Å². The lowest BCUT2D eigenvalue weighted by atomic mass is 9.98. The van der Waals surface area contributed by atoms with Crippen LogP contribution in [0.5, 0.6) is 0 Å². The molecule has 2 heterocycles. The number of imidazole rings is 1. The summed E-state index contributed by atoms with van der Waals surface area (Å²) in [5, 5.41) is 5.57. The number of nitrogens with one attached hydrogen (secondary N) is 2. The van der Waals surface area contributed by atoms with Gasteiger partial charge in [-0.15, -0.1) is 0 Å². The van der Waals surface area contributed by atoms with Gasteiger partial charge in [-0.25, -0.2) is 9.78 Å². The summed E-state index contributed by atoms with van der Waals surface area (Å²) in [5.74, 6) is -0.616. The first-order valence-corrected chi connectivity index (χ1v) is 9.50. The predicted octanol–water partition coefficient (Wildman–Crippen LogP) is 1.41. The quantitative estimate of drug-likeness (QED) is 0.740. The molecule has 146 valence electrons. The molecule has 2 N–H and O–H groups in total. The van der Waals surface area contributed by atoms with Crippen LogP contribution < -0.4 is 10.6 Å². The Morgan fingerprint density at radius 3 is 2.54 bits per heavy atom. The Labute approximate surface area is 162 Å². The zero-order valence-electron chi connectivity index (χ0n) is 15.6. The first-order valence-electron chi connectivity index (χ1n) is 9.50. The lowest BCUT2D eigenvalue weighted by Gasteiger charge is -2.19. The highest BCUT2D eigenvalue weighted by molar-refractivity contribution is 6.09. The first-order chi connectivity index (χ1) is 13.6. The van der Waals surface area contributed by atoms with Crippen LogP contribution in [-0.2, 0) is 22.7 Å². The van der Waals surface area contributed by atoms with E-state index in [2.05, 4.69) is 15.6 Å². The molecule has 0 unspecified atom stereocenters. The summed E-state index contributed by atoms with van der Waals surface area (Å²) in [6.45, 7) is 0.838. The third kappa shape index (κ3) is 3.62. The molecule has 1 saturated heterocycles. The minimum absolute atomic E-state index is 0.245. The Hall–Kier alpha value is -3.16. The smallest absolute Gasteiger partial charge is 0.325 e. The number of nitrogens with zero attached hydrogens (tertiary/aromatic N) is 3. The maximum atomic E-state index is 12.6. The fourth-order valence-corrected chi connectivity index (χ4v) is 3.89. The topological polar surface area (TPSA) is 96.3 Å². The van der Waals surface area contributed by atoms with E-state index in [1.54, 1.807) is 12.5 Å². The van der Waals surface area contributed by atoms with Gasteiger partial charge in [-0.05, 0) is 24.0 Å². The van der Waals surface area contributed by atoms with E-state index in [9.17, 15) is 14.4 Å². The van der Waals surface area contributed by atoms with E-state index in [4.69, 9.17) is 0 Å². The average molecular weight is 381 g/mol. The van der Waals surface area contributed by atoms with Crippen molar-refractivity contribution in [2.24, 2.45) is 0 Å². The van der Waals surface area contributed by atoms with E-state index in [0.29, 0.717) is 19.4 Å². The molecule has 4 rings (SSSR count). The zero-order valence-corrected chi connectivity index (χ0v) is 15.6. The minimum atomic E-state index is -0.775. The summed E-state index contributed by atoms with van der Waals surface area (Å²) in [6, 6.07) is 7.44. The van der Waals surface area contributed by atoms with Gasteiger partial charge in [0.15, 0.2) is 0 Å². The maximum Gasteiger partial charge on any atom is 0.325 e. The molecule has 0 bridgehead atoms. The van der Waals surface area contributed by atoms with Crippen LogP contribution in [0.1, 0.15) is 36.8 Å². The van der Waals surface area contributed by atoms with Crippen molar-refractivity contribution in [2.45, 2.75) is 44.3 Å². The van der Waals surface area contributed by atoms with Gasteiger partial charge in [-0.1, -0.05) is 37.1 Å². The highest BCUT2D eigenvalue weighted by atomic mass is 16.2. The van der Waals surface area contributed by atoms with E-state index >= 15 is 0 Å². The monoisotopic (exact) mass is 381 g/mol. The predicted molar refractivity (Wildman–Crippen MR) is 101 cm³/mol. The highest BCUT2D eigenvalue weighted by Crippen LogP contribution is 2.34. The third-order valence-electron chi connectivity index (χ3n) is 5.44. The molecule has 1 spiro atoms. The second-order valence-electron chi connectivity index (χ2n) is 7.44. The first kappa shape index (κ1) is 18.2. The molecule has 1 aromatic heterocycles. The number of aromatic nitrogens is 2. The van der Waals surface area contributed by atoms with Crippen LogP contribution in [0.25, 0.3) is 0 Å². The summed E-state index contributed by atoms with van der Waals surface area (Å²) in [6.07, 6.45) is 8.55. The number of hydrogen-bond donors (Lipinski definition) is 2. The largest absolute Gasteiger partial charge is 0.350 e. The molecule has 0 atom stereocenters. The van der Waals surface area contributed by atoms with Crippen LogP contribution >= 0.6 is 0 Å². The molecule has 28 heavy (non-hydrogen) atoms. The molecular weight excluding hydrogens is 358 g/mol. The second-order valence-corrected chi connectivity index (χ2v) is 7.44. The summed E-state index contributed by atoms with van der Waals surface area (Å²) < 4.78 is 1.98. The lowest BCUT2D eigenvalue weighted by Crippen LogP contribution is -2.45. The van der Waals surface area contributed by atoms with Gasteiger partial charge in [-0.3, -0.25) is 14.5 Å². The summed E-state index contributed by atoms with van der Waals surface area (Å²) >= 11 is 0. The van der Waals surface area contributed by atoms with Crippen LogP contribution in [0, 0.1) is 0 Å². The van der Waals surface area contributed by atoms with Crippen molar-refractivity contribution < 1.29 is 14.4 Å². The lowest BCUT2D eigenvalue weighted by molar-refractivity contribution is -0.134. The van der Waals surface area contributed by atoms with Gasteiger partial charge in [0.25, 0.3) is 5.91 Å². The van der Waals surface area contributed by atoms with Gasteiger partial charge in [0.2, 0.25) is 5.91 Å². The molecular formula is C20H23N5O3. The fraction of sp³-hybridized carbons (Fsp3) is 0.400. The molecule has 2 fully saturated rings. The number of hydrogen-bond acceptors (Lipinski definition) is 4. The van der Waals surface area contributed by atoms with Crippen LogP contribution in [-0.4, -0.2) is 44.4 Å². The van der Waals surface area contributed by atoms with E-state index in [0.717, 1.165) is 35.4 Å². The van der Waals surface area contributed by atoms with Crippen molar-refractivity contribution in [3.8, 4) is 0 Å². The zero-order chi connectivity index (χ0) is 19.6. The summed E-state index contributed by atoms with van der Waals surface area (Å²) in [5.41, 5.74) is 1.31. The fourth-order valence-electron chi connectivity index (χ4n) is 3.89. The second kappa shape index (κ2) is 7.46. The molecule has 1 aliphatic carbocycles. The Balaban J connectivity index is 1.28. The number of amides is 4. The number of carbonyl (C=O) groups excluding carboxylic acids is 3. The number of rotatable bonds is 6. The molecule has 0 radical (unpaired) electrons. The van der Waals surface area contributed by atoms with E-state index in [-0.39, 0.29) is 18.4 Å². The minimum Gasteiger partial charge on any atom is -0.350 e. The molecule has 1 aliphatic heterocycles. The number of benzene rings is 1. The van der Waals surface area contributed by atoms with Crippen LogP contribution in [0.2, 0.25) is 0 Å². The Morgan fingerprint density at radius 1 is 1.14 bits per heavy atom. The van der Waals surface area contributed by atoms with Crippen molar-refractivity contribution in [1.29, 1.82) is 0 Å². The van der Waals surface area contributed by atoms with Gasteiger partial charge >= 0.3 is 6.03 Å². The van der Waals surface area contributed by atoms with Crippen molar-refractivity contribution in [3.63, 3.8) is 0 Å². The number of imide groups is 1. The van der Waals surface area contributed by atoms with Crippen LogP contribution in [0.15, 0.2) is 43.0 Å². The van der Waals surface area contributed by atoms with Crippen molar-refractivity contribution >= 4 is 17.8 Å². The molecule has 1 aromatic carbocycles. The van der Waals surface area contributed by atoms with Crippen LogP contribution in [0.4, 0.5) is 4.79 Å². The number of urea groups is 1. The highest BCUT2D eigenvalue weighted by Gasteiger charge is 2.52. The SMILES string of the molecule is O=C(CN1C(=O)NC2(CCCC2)C1=O)NCc1ccc(Cn2ccnc2)cc1. The van der Waals surface area contributed by atoms with Gasteiger partial charge in [-0.2, -0.15) is 0 Å². The molecule has 8 heteroatoms. The van der Waals surface area contributed by atoms with E-state index in [1.807, 2.05) is 35.0 Å². The van der Waals surface area contributed by atoms with Crippen molar-refractivity contribution in [3.05, 3.63) is 54.1 Å². The third-order valence-corrected chi connectivity index (χ3v) is 5.44. The summed E-state index contributed by atoms with van der Waals surface area (Å²) in [4.78, 5) is 42.0. The molecule has 8 nitrogen and oxygen atoms in total. The Morgan fingerprint density at radius 2 is 1.86 bits per heavy atom. The molecule has 2 aliphatic rings. The number of carbonyl (C=O) groups is 3. The van der Waals surface area contributed by atoms with Gasteiger partial charge in [0, 0.05) is 25.5 Å². The van der Waals surface area contributed by atoms with Gasteiger partial charge < -0.3 is 15.2 Å². The van der Waals surface area contributed by atoms with E-state index < -0.39 is 11.6 Å². The van der Waals surface area contributed by atoms with Crippen molar-refractivity contribution in [1.82, 2.24) is 25.1 Å².